The molecule has 0 fully saturated rings. The van der Waals surface area contributed by atoms with E-state index in [0.717, 1.165) is 0 Å². The predicted molar refractivity (Wildman–Crippen MR) is 61.3 cm³/mol. The first-order chi connectivity index (χ1) is 7.46. The summed E-state index contributed by atoms with van der Waals surface area (Å²) in [6, 6.07) is 0. The quantitative estimate of drug-likeness (QED) is 0.412. The molecule has 0 aromatic rings. The van der Waals surface area contributed by atoms with Crippen LogP contribution in [0.2, 0.25) is 0 Å². The topological polar surface area (TPSA) is 9.23 Å². The van der Waals surface area contributed by atoms with Gasteiger partial charge in [-0.05, 0) is 34.8 Å². The summed E-state index contributed by atoms with van der Waals surface area (Å²) in [6.07, 6.45) is 0. The Morgan fingerprint density at radius 1 is 0.611 bits per heavy atom. The minimum atomic E-state index is -5.05. The first kappa shape index (κ1) is 19.6. The van der Waals surface area contributed by atoms with E-state index < -0.39 is 24.9 Å². The van der Waals surface area contributed by atoms with Crippen LogP contribution in [-0.4, -0.2) is 24.9 Å². The van der Waals surface area contributed by atoms with Crippen LogP contribution in [0.4, 0.5) is 22.0 Å². The summed E-state index contributed by atoms with van der Waals surface area (Å²) in [7, 11) is 0. The van der Waals surface area contributed by atoms with E-state index in [-0.39, 0.29) is 0 Å². The zero-order valence-corrected chi connectivity index (χ0v) is 12.7. The van der Waals surface area contributed by atoms with E-state index in [1.807, 2.05) is 0 Å². The highest BCUT2D eigenvalue weighted by Gasteiger charge is 2.73. The SMILES string of the molecule is FC(F)(Cl)C(Cl)(OC(F)(Cl)C(Cl)(Cl)Cl)C(F)(F)Cl. The van der Waals surface area contributed by atoms with Crippen molar-refractivity contribution in [1.29, 1.82) is 0 Å². The van der Waals surface area contributed by atoms with Gasteiger partial charge in [0.15, 0.2) is 0 Å². The van der Waals surface area contributed by atoms with Gasteiger partial charge in [-0.25, -0.2) is 0 Å². The fourth-order valence-corrected chi connectivity index (χ4v) is 1.25. The number of hydrogen-bond acceptors (Lipinski definition) is 1. The Labute approximate surface area is 132 Å². The number of ether oxygens (including phenoxy) is 1. The van der Waals surface area contributed by atoms with E-state index in [1.165, 1.54) is 0 Å². The summed E-state index contributed by atoms with van der Waals surface area (Å²) in [4.78, 5) is 0. The molecule has 1 unspecified atom stereocenters. The first-order valence-electron chi connectivity index (χ1n) is 3.43. The van der Waals surface area contributed by atoms with Crippen molar-refractivity contribution in [1.82, 2.24) is 0 Å². The molecule has 0 radical (unpaired) electrons. The summed E-state index contributed by atoms with van der Waals surface area (Å²) in [5, 5.41) is -18.9. The van der Waals surface area contributed by atoms with Gasteiger partial charge in [0, 0.05) is 0 Å². The van der Waals surface area contributed by atoms with Gasteiger partial charge in [-0.1, -0.05) is 46.4 Å². The minimum absolute atomic E-state index is 3.24. The van der Waals surface area contributed by atoms with Gasteiger partial charge in [0.1, 0.15) is 0 Å². The van der Waals surface area contributed by atoms with Crippen LogP contribution in [0.3, 0.4) is 0 Å². The third-order valence-electron chi connectivity index (χ3n) is 1.33. The minimum Gasteiger partial charge on any atom is -0.294 e. The molecule has 0 aliphatic carbocycles. The molecule has 0 saturated carbocycles. The predicted octanol–water partition coefficient (Wildman–Crippen LogP) is 5.83. The van der Waals surface area contributed by atoms with E-state index in [9.17, 15) is 22.0 Å². The highest BCUT2D eigenvalue weighted by Crippen LogP contribution is 2.57. The van der Waals surface area contributed by atoms with Crippen LogP contribution in [-0.2, 0) is 4.74 Å². The van der Waals surface area contributed by atoms with Crippen molar-refractivity contribution in [3.8, 4) is 0 Å². The molecule has 0 aliphatic rings. The summed E-state index contributed by atoms with van der Waals surface area (Å²) in [6.45, 7) is 0. The lowest BCUT2D eigenvalue weighted by Crippen LogP contribution is -2.58. The van der Waals surface area contributed by atoms with E-state index in [1.54, 1.807) is 0 Å². The highest BCUT2D eigenvalue weighted by atomic mass is 35.6. The van der Waals surface area contributed by atoms with Gasteiger partial charge >= 0.3 is 21.1 Å². The van der Waals surface area contributed by atoms with Crippen molar-refractivity contribution in [3.05, 3.63) is 0 Å². The normalized spacial score (nSPS) is 18.7. The average molecular weight is 419 g/mol. The van der Waals surface area contributed by atoms with Gasteiger partial charge in [-0.3, -0.25) is 4.74 Å². The fraction of sp³-hybridized carbons (Fsp3) is 1.00. The molecule has 1 atom stereocenters. The number of halogens is 12. The van der Waals surface area contributed by atoms with Crippen molar-refractivity contribution >= 4 is 81.2 Å². The molecule has 1 nitrogen and oxygen atoms in total. The standard InChI is InChI=1S/C5Cl7F5O/c6-1(3(10,13)14,4(11,15)16)18-5(12,17)2(7,8)9. The lowest BCUT2D eigenvalue weighted by Gasteiger charge is -2.38. The molecule has 0 aliphatic heterocycles. The Bertz CT molecular complexity index is 291. The second-order valence-corrected chi connectivity index (χ2v) is 6.96. The highest BCUT2D eigenvalue weighted by molar-refractivity contribution is 6.70. The van der Waals surface area contributed by atoms with Gasteiger partial charge in [0.2, 0.25) is 0 Å². The fourth-order valence-electron chi connectivity index (χ4n) is 0.511. The van der Waals surface area contributed by atoms with E-state index in [2.05, 4.69) is 27.9 Å². The Morgan fingerprint density at radius 3 is 1.06 bits per heavy atom. The largest absolute Gasteiger partial charge is 0.371 e. The van der Waals surface area contributed by atoms with Crippen LogP contribution >= 0.6 is 81.2 Å². The summed E-state index contributed by atoms with van der Waals surface area (Å²) in [5.41, 5.74) is 0. The van der Waals surface area contributed by atoms with Crippen molar-refractivity contribution < 1.29 is 26.7 Å². The Hall–Kier alpha value is 1.64. The van der Waals surface area contributed by atoms with Crippen LogP contribution < -0.4 is 0 Å². The molecule has 0 spiro atoms. The molecule has 0 amide bonds. The second-order valence-electron chi connectivity index (χ2n) is 2.71. The first-order valence-corrected chi connectivity index (χ1v) is 6.07. The smallest absolute Gasteiger partial charge is 0.294 e. The zero-order valence-electron chi connectivity index (χ0n) is 7.44. The molecule has 110 valence electrons. The monoisotopic (exact) mass is 416 g/mol. The number of alkyl halides is 12. The van der Waals surface area contributed by atoms with Crippen LogP contribution in [0.15, 0.2) is 0 Å². The van der Waals surface area contributed by atoms with Crippen molar-refractivity contribution in [2.75, 3.05) is 0 Å². The molecule has 0 bridgehead atoms. The Balaban J connectivity index is 5.58. The summed E-state index contributed by atoms with van der Waals surface area (Å²) in [5.74, 6) is 0. The summed E-state index contributed by atoms with van der Waals surface area (Å²) < 4.78 is 64.7. The van der Waals surface area contributed by atoms with Crippen molar-refractivity contribution in [3.63, 3.8) is 0 Å². The Morgan fingerprint density at radius 2 is 0.889 bits per heavy atom. The average Bonchev–Trinajstić information content (AvgIpc) is 1.95. The van der Waals surface area contributed by atoms with E-state index >= 15 is 0 Å². The molecule has 0 aromatic heterocycles. The second kappa shape index (κ2) is 5.44. The van der Waals surface area contributed by atoms with Gasteiger partial charge in [0.05, 0.1) is 0 Å². The van der Waals surface area contributed by atoms with E-state index in [0.29, 0.717) is 0 Å². The van der Waals surface area contributed by atoms with E-state index in [4.69, 9.17) is 58.0 Å². The molecule has 0 rings (SSSR count). The maximum absolute atomic E-state index is 13.4. The maximum Gasteiger partial charge on any atom is 0.371 e. The molecular formula is C5Cl7F5O. The maximum atomic E-state index is 13.4. The third kappa shape index (κ3) is 4.07. The Kier molecular flexibility index (Phi) is 5.94. The summed E-state index contributed by atoms with van der Waals surface area (Å²) >= 11 is 32.7. The molecule has 0 N–H and O–H groups in total. The number of hydrogen-bond donors (Lipinski definition) is 0. The van der Waals surface area contributed by atoms with Gasteiger partial charge in [-0.15, -0.1) is 0 Å². The van der Waals surface area contributed by atoms with Crippen LogP contribution in [0.25, 0.3) is 0 Å². The van der Waals surface area contributed by atoms with Crippen molar-refractivity contribution in [2.45, 2.75) is 24.9 Å². The lowest BCUT2D eigenvalue weighted by molar-refractivity contribution is -0.252. The van der Waals surface area contributed by atoms with Crippen LogP contribution in [0.1, 0.15) is 0 Å². The van der Waals surface area contributed by atoms with Crippen LogP contribution in [0, 0.1) is 0 Å². The molecule has 0 saturated heterocycles. The molecule has 0 aromatic carbocycles. The molecule has 18 heavy (non-hydrogen) atoms. The van der Waals surface area contributed by atoms with Gasteiger partial charge < -0.3 is 0 Å². The van der Waals surface area contributed by atoms with Crippen LogP contribution in [0.5, 0.6) is 0 Å². The lowest BCUT2D eigenvalue weighted by atomic mass is 10.3. The molecule has 13 heteroatoms. The molecule has 0 heterocycles. The number of rotatable bonds is 4. The van der Waals surface area contributed by atoms with Gasteiger partial charge in [0.25, 0.3) is 3.79 Å². The van der Waals surface area contributed by atoms with Gasteiger partial charge in [-0.2, -0.15) is 22.0 Å². The van der Waals surface area contributed by atoms with Crippen molar-refractivity contribution in [2.24, 2.45) is 0 Å². The third-order valence-corrected chi connectivity index (χ3v) is 3.99. The molecular weight excluding hydrogens is 419 g/mol. The zero-order chi connectivity index (χ0) is 15.2.